The molecule has 1 aromatic rings. The molecule has 0 saturated heterocycles. The number of aromatic hydroxyl groups is 2. The SMILES string of the molecule is [2H]c1c(O)cc(O)cc1C(C([2H])[2H])(C([2H])[2H])C([2H])CCCCC. The van der Waals surface area contributed by atoms with Crippen LogP contribution in [-0.4, -0.2) is 10.2 Å². The first kappa shape index (κ1) is 7.30. The van der Waals surface area contributed by atoms with Gasteiger partial charge in [0.15, 0.2) is 0 Å². The van der Waals surface area contributed by atoms with E-state index in [1.165, 1.54) is 0 Å². The average molecular weight is 242 g/mol. The molecule has 0 aromatic heterocycles. The zero-order chi connectivity index (χ0) is 17.8. The molecule has 0 heterocycles. The molecule has 0 aliphatic heterocycles. The van der Waals surface area contributed by atoms with Crippen molar-refractivity contribution in [2.45, 2.75) is 58.2 Å². The second-order valence-corrected chi connectivity index (χ2v) is 4.27. The lowest BCUT2D eigenvalue weighted by atomic mass is 9.80. The first-order chi connectivity index (χ1) is 10.7. The molecule has 96 valence electrons. The molecular weight excluding hydrogens is 212 g/mol. The smallest absolute Gasteiger partial charge is 0.119 e. The number of hydrogen-bond donors (Lipinski definition) is 2. The molecule has 1 aromatic carbocycles. The van der Waals surface area contributed by atoms with E-state index in [0.29, 0.717) is 6.42 Å². The summed E-state index contributed by atoms with van der Waals surface area (Å²) in [6.07, 6.45) is 1.59. The van der Waals surface area contributed by atoms with E-state index in [0.717, 1.165) is 25.0 Å². The maximum absolute atomic E-state index is 9.75. The van der Waals surface area contributed by atoms with Crippen molar-refractivity contribution in [1.29, 1.82) is 0 Å². The van der Waals surface area contributed by atoms with E-state index < -0.39 is 37.4 Å². The highest BCUT2D eigenvalue weighted by atomic mass is 16.3. The Morgan fingerprint density at radius 1 is 1.24 bits per heavy atom. The van der Waals surface area contributed by atoms with Crippen molar-refractivity contribution in [3.05, 3.63) is 23.7 Å². The van der Waals surface area contributed by atoms with Crippen molar-refractivity contribution in [3.8, 4) is 11.5 Å². The Balaban J connectivity index is 3.46. The van der Waals surface area contributed by atoms with Crippen molar-refractivity contribution in [2.75, 3.05) is 0 Å². The van der Waals surface area contributed by atoms with Gasteiger partial charge in [0.1, 0.15) is 11.5 Å². The van der Waals surface area contributed by atoms with Crippen molar-refractivity contribution >= 4 is 0 Å². The Hall–Kier alpha value is -1.18. The van der Waals surface area contributed by atoms with Gasteiger partial charge in [-0.05, 0) is 29.5 Å². The largest absolute Gasteiger partial charge is 0.508 e. The highest BCUT2D eigenvalue weighted by molar-refractivity contribution is 5.39. The first-order valence-corrected chi connectivity index (χ1v) is 5.83. The lowest BCUT2D eigenvalue weighted by Gasteiger charge is -2.25. The topological polar surface area (TPSA) is 40.5 Å². The fourth-order valence-corrected chi connectivity index (χ4v) is 1.62. The van der Waals surface area contributed by atoms with Gasteiger partial charge in [-0.2, -0.15) is 0 Å². The van der Waals surface area contributed by atoms with Gasteiger partial charge in [0.2, 0.25) is 0 Å². The number of phenols is 2. The van der Waals surface area contributed by atoms with Gasteiger partial charge in [0.05, 0.1) is 1.37 Å². The molecular formula is C15H24O2. The van der Waals surface area contributed by atoms with Crippen LogP contribution in [0.1, 0.15) is 66.5 Å². The van der Waals surface area contributed by atoms with E-state index in [2.05, 4.69) is 0 Å². The number of phenolic OH excluding ortho intramolecular Hbond substituents is 2. The molecule has 2 nitrogen and oxygen atoms in total. The van der Waals surface area contributed by atoms with Gasteiger partial charge in [-0.1, -0.05) is 46.4 Å². The van der Waals surface area contributed by atoms with Gasteiger partial charge < -0.3 is 10.2 Å². The van der Waals surface area contributed by atoms with Crippen LogP contribution in [0.25, 0.3) is 0 Å². The molecule has 0 bridgehead atoms. The van der Waals surface area contributed by atoms with Crippen LogP contribution in [0.5, 0.6) is 11.5 Å². The van der Waals surface area contributed by atoms with Gasteiger partial charge in [-0.15, -0.1) is 0 Å². The zero-order valence-electron chi connectivity index (χ0n) is 16.1. The standard InChI is InChI=1S/C15H24O2/c1-4-5-6-7-8-15(2,3)12-9-13(16)11-14(17)10-12/h9-11,16-17H,4-8H2,1-3H3/i2D2,3D2,8D,9D. The van der Waals surface area contributed by atoms with E-state index >= 15 is 0 Å². The van der Waals surface area contributed by atoms with Crippen molar-refractivity contribution in [3.63, 3.8) is 0 Å². The Morgan fingerprint density at radius 3 is 2.65 bits per heavy atom. The summed E-state index contributed by atoms with van der Waals surface area (Å²) in [5.41, 5.74) is -2.06. The van der Waals surface area contributed by atoms with Crippen LogP contribution in [0.3, 0.4) is 0 Å². The van der Waals surface area contributed by atoms with Crippen LogP contribution < -0.4 is 0 Å². The van der Waals surface area contributed by atoms with Crippen LogP contribution in [-0.2, 0) is 5.41 Å². The average Bonchev–Trinajstić information content (AvgIpc) is 2.44. The molecule has 1 atom stereocenters. The predicted molar refractivity (Wildman–Crippen MR) is 71.6 cm³/mol. The number of rotatable bonds is 6. The van der Waals surface area contributed by atoms with Crippen LogP contribution in [0.4, 0.5) is 0 Å². The third-order valence-electron chi connectivity index (χ3n) is 2.60. The minimum atomic E-state index is -1.90. The lowest BCUT2D eigenvalue weighted by molar-refractivity contribution is 0.423. The molecule has 1 unspecified atom stereocenters. The van der Waals surface area contributed by atoms with Gasteiger partial charge in [0, 0.05) is 12.9 Å². The van der Waals surface area contributed by atoms with Gasteiger partial charge >= 0.3 is 0 Å². The highest BCUT2D eigenvalue weighted by Crippen LogP contribution is 2.33. The van der Waals surface area contributed by atoms with Crippen LogP contribution in [0, 0.1) is 0 Å². The van der Waals surface area contributed by atoms with E-state index in [1.54, 1.807) is 0 Å². The van der Waals surface area contributed by atoms with Gasteiger partial charge in [-0.25, -0.2) is 0 Å². The zero-order valence-corrected chi connectivity index (χ0v) is 10.1. The maximum atomic E-state index is 9.75. The van der Waals surface area contributed by atoms with Gasteiger partial charge in [0.25, 0.3) is 0 Å². The van der Waals surface area contributed by atoms with Crippen molar-refractivity contribution in [2.24, 2.45) is 0 Å². The molecule has 0 aliphatic carbocycles. The fraction of sp³-hybridized carbons (Fsp3) is 0.600. The minimum absolute atomic E-state index is 0.156. The highest BCUT2D eigenvalue weighted by Gasteiger charge is 2.21. The Morgan fingerprint density at radius 2 is 2.00 bits per heavy atom. The van der Waals surface area contributed by atoms with Crippen LogP contribution >= 0.6 is 0 Å². The summed E-state index contributed by atoms with van der Waals surface area (Å²) >= 11 is 0. The second kappa shape index (κ2) is 5.95. The Kier molecular flexibility index (Phi) is 2.55. The quantitative estimate of drug-likeness (QED) is 0.728. The summed E-state index contributed by atoms with van der Waals surface area (Å²) in [6.45, 7) is -1.51. The lowest BCUT2D eigenvalue weighted by Crippen LogP contribution is -2.16. The number of benzene rings is 1. The molecule has 0 amide bonds. The van der Waals surface area contributed by atoms with Crippen LogP contribution in [0.2, 0.25) is 0 Å². The predicted octanol–water partition coefficient (Wildman–Crippen LogP) is 4.35. The molecule has 2 N–H and O–H groups in total. The summed E-state index contributed by atoms with van der Waals surface area (Å²) in [5.74, 6) is -0.925. The summed E-state index contributed by atoms with van der Waals surface area (Å²) in [5, 5.41) is 19.4. The van der Waals surface area contributed by atoms with Gasteiger partial charge in [-0.3, -0.25) is 0 Å². The monoisotopic (exact) mass is 242 g/mol. The Bertz CT molecular complexity index is 513. The molecule has 0 radical (unpaired) electrons. The molecule has 0 spiro atoms. The number of hydrogen-bond acceptors (Lipinski definition) is 2. The van der Waals surface area contributed by atoms with E-state index in [1.807, 2.05) is 6.92 Å². The third-order valence-corrected chi connectivity index (χ3v) is 2.60. The minimum Gasteiger partial charge on any atom is -0.508 e. The van der Waals surface area contributed by atoms with Crippen molar-refractivity contribution < 1.29 is 18.4 Å². The van der Waals surface area contributed by atoms with E-state index in [9.17, 15) is 10.2 Å². The summed E-state index contributed by atoms with van der Waals surface area (Å²) in [4.78, 5) is 0. The summed E-state index contributed by atoms with van der Waals surface area (Å²) < 4.78 is 47.8. The second-order valence-electron chi connectivity index (χ2n) is 4.27. The number of unbranched alkanes of at least 4 members (excludes halogenated alkanes) is 2. The van der Waals surface area contributed by atoms with E-state index in [4.69, 9.17) is 8.22 Å². The van der Waals surface area contributed by atoms with Crippen molar-refractivity contribution in [1.82, 2.24) is 0 Å². The normalized spacial score (nSPS) is 19.0. The van der Waals surface area contributed by atoms with E-state index in [-0.39, 0.29) is 17.7 Å². The summed E-state index contributed by atoms with van der Waals surface area (Å²) in [7, 11) is 0. The fourth-order valence-electron chi connectivity index (χ4n) is 1.62. The molecule has 17 heavy (non-hydrogen) atoms. The maximum Gasteiger partial charge on any atom is 0.119 e. The third kappa shape index (κ3) is 4.29. The molecule has 2 heteroatoms. The molecule has 1 rings (SSSR count). The van der Waals surface area contributed by atoms with Crippen LogP contribution in [0.15, 0.2) is 18.2 Å². The molecule has 0 fully saturated rings. The first-order valence-electron chi connectivity index (χ1n) is 9.22. The summed E-state index contributed by atoms with van der Waals surface area (Å²) in [6, 6.07) is 1.61. The molecule has 0 saturated carbocycles. The Labute approximate surface area is 113 Å². The molecule has 0 aliphatic rings.